The smallest absolute Gasteiger partial charge is 0.227 e. The lowest BCUT2D eigenvalue weighted by Crippen LogP contribution is -2.34. The number of hydrogen-bond donors (Lipinski definition) is 0. The van der Waals surface area contributed by atoms with Crippen molar-refractivity contribution >= 4 is 9.84 Å². The van der Waals surface area contributed by atoms with Gasteiger partial charge in [-0.2, -0.15) is 0 Å². The standard InChI is InChI=1S/C22H32FN3O2S/c1-3-5-12-26-21(16-24-22(26)29(27,28)4-2)17-25-13-10-19(11-14-25)15-18-6-8-20(23)9-7-18/h6-9,16,19H,3-5,10-15,17H2,1-2H3. The molecule has 1 fully saturated rings. The van der Waals surface area contributed by atoms with Gasteiger partial charge in [-0.05, 0) is 62.4 Å². The summed E-state index contributed by atoms with van der Waals surface area (Å²) in [6, 6.07) is 6.82. The van der Waals surface area contributed by atoms with E-state index in [4.69, 9.17) is 0 Å². The van der Waals surface area contributed by atoms with E-state index in [1.54, 1.807) is 13.1 Å². The zero-order valence-corrected chi connectivity index (χ0v) is 18.3. The van der Waals surface area contributed by atoms with Crippen molar-refractivity contribution in [2.75, 3.05) is 18.8 Å². The zero-order valence-electron chi connectivity index (χ0n) is 17.5. The quantitative estimate of drug-likeness (QED) is 0.612. The van der Waals surface area contributed by atoms with E-state index in [0.717, 1.165) is 57.4 Å². The molecule has 0 bridgehead atoms. The topological polar surface area (TPSA) is 55.2 Å². The molecule has 0 saturated carbocycles. The van der Waals surface area contributed by atoms with Gasteiger partial charge in [-0.3, -0.25) is 4.90 Å². The molecular weight excluding hydrogens is 389 g/mol. The summed E-state index contributed by atoms with van der Waals surface area (Å²) in [7, 11) is -3.32. The summed E-state index contributed by atoms with van der Waals surface area (Å²) < 4.78 is 39.8. The highest BCUT2D eigenvalue weighted by Gasteiger charge is 2.24. The third kappa shape index (κ3) is 5.66. The van der Waals surface area contributed by atoms with Crippen LogP contribution in [0.2, 0.25) is 0 Å². The number of benzene rings is 1. The van der Waals surface area contributed by atoms with Gasteiger partial charge in [0.05, 0.1) is 17.6 Å². The molecule has 160 valence electrons. The third-order valence-electron chi connectivity index (χ3n) is 5.83. The van der Waals surface area contributed by atoms with Gasteiger partial charge in [-0.25, -0.2) is 17.8 Å². The monoisotopic (exact) mass is 421 g/mol. The van der Waals surface area contributed by atoms with Crippen molar-refractivity contribution in [3.63, 3.8) is 0 Å². The maximum Gasteiger partial charge on any atom is 0.227 e. The Kier molecular flexibility index (Phi) is 7.46. The lowest BCUT2D eigenvalue weighted by atomic mass is 9.90. The van der Waals surface area contributed by atoms with Crippen LogP contribution in [0.15, 0.2) is 35.6 Å². The number of likely N-dealkylation sites (tertiary alicyclic amines) is 1. The van der Waals surface area contributed by atoms with Crippen LogP contribution in [0.5, 0.6) is 0 Å². The first kappa shape index (κ1) is 22.0. The van der Waals surface area contributed by atoms with Crippen LogP contribution < -0.4 is 0 Å². The van der Waals surface area contributed by atoms with Crippen molar-refractivity contribution in [2.45, 2.75) is 64.2 Å². The number of hydrogen-bond acceptors (Lipinski definition) is 4. The van der Waals surface area contributed by atoms with Crippen LogP contribution in [0.25, 0.3) is 0 Å². The van der Waals surface area contributed by atoms with Gasteiger partial charge >= 0.3 is 0 Å². The SMILES string of the molecule is CCCCn1c(CN2CCC(Cc3ccc(F)cc3)CC2)cnc1S(=O)(=O)CC. The van der Waals surface area contributed by atoms with E-state index in [-0.39, 0.29) is 16.7 Å². The third-order valence-corrected chi connectivity index (χ3v) is 7.47. The zero-order chi connectivity index (χ0) is 20.9. The molecule has 0 aliphatic carbocycles. The number of imidazole rings is 1. The summed E-state index contributed by atoms with van der Waals surface area (Å²) in [6.07, 6.45) is 6.87. The molecule has 1 aromatic carbocycles. The Labute approximate surface area is 173 Å². The predicted octanol–water partition coefficient (Wildman–Crippen LogP) is 4.07. The highest BCUT2D eigenvalue weighted by Crippen LogP contribution is 2.24. The number of aromatic nitrogens is 2. The molecule has 0 spiro atoms. The van der Waals surface area contributed by atoms with Crippen LogP contribution >= 0.6 is 0 Å². The van der Waals surface area contributed by atoms with Crippen LogP contribution in [-0.2, 0) is 29.3 Å². The average Bonchev–Trinajstić information content (AvgIpc) is 3.13. The Hall–Kier alpha value is -1.73. The predicted molar refractivity (Wildman–Crippen MR) is 113 cm³/mol. The Morgan fingerprint density at radius 3 is 2.45 bits per heavy atom. The largest absolute Gasteiger partial charge is 0.318 e. The summed E-state index contributed by atoms with van der Waals surface area (Å²) in [5.74, 6) is 0.495. The molecule has 1 aromatic heterocycles. The molecule has 5 nitrogen and oxygen atoms in total. The second-order valence-electron chi connectivity index (χ2n) is 7.99. The van der Waals surface area contributed by atoms with Gasteiger partial charge in [0.1, 0.15) is 5.82 Å². The van der Waals surface area contributed by atoms with E-state index in [2.05, 4.69) is 16.8 Å². The molecule has 7 heteroatoms. The van der Waals surface area contributed by atoms with Gasteiger partial charge in [0.2, 0.25) is 15.0 Å². The highest BCUT2D eigenvalue weighted by atomic mass is 32.2. The Morgan fingerprint density at radius 1 is 1.14 bits per heavy atom. The number of nitrogens with zero attached hydrogens (tertiary/aromatic N) is 3. The Bertz CT molecular complexity index is 885. The Balaban J connectivity index is 1.61. The van der Waals surface area contributed by atoms with Crippen molar-refractivity contribution in [2.24, 2.45) is 5.92 Å². The van der Waals surface area contributed by atoms with Gasteiger partial charge in [-0.1, -0.05) is 32.4 Å². The first-order valence-corrected chi connectivity index (χ1v) is 12.3. The normalized spacial score (nSPS) is 16.4. The first-order valence-electron chi connectivity index (χ1n) is 10.7. The minimum Gasteiger partial charge on any atom is -0.318 e. The van der Waals surface area contributed by atoms with Crippen molar-refractivity contribution in [3.8, 4) is 0 Å². The van der Waals surface area contributed by atoms with Crippen molar-refractivity contribution < 1.29 is 12.8 Å². The number of piperidine rings is 1. The molecule has 1 aliphatic rings. The maximum atomic E-state index is 13.1. The van der Waals surface area contributed by atoms with Crippen LogP contribution in [0.1, 0.15) is 50.8 Å². The van der Waals surface area contributed by atoms with Crippen molar-refractivity contribution in [1.29, 1.82) is 0 Å². The molecule has 0 N–H and O–H groups in total. The lowest BCUT2D eigenvalue weighted by Gasteiger charge is -2.32. The van der Waals surface area contributed by atoms with E-state index < -0.39 is 9.84 Å². The fraction of sp³-hybridized carbons (Fsp3) is 0.591. The molecule has 0 radical (unpaired) electrons. The molecular formula is C22H32FN3O2S. The molecule has 0 unspecified atom stereocenters. The van der Waals surface area contributed by atoms with Crippen molar-refractivity contribution in [3.05, 3.63) is 47.5 Å². The fourth-order valence-electron chi connectivity index (χ4n) is 3.98. The van der Waals surface area contributed by atoms with E-state index in [1.165, 1.54) is 17.7 Å². The number of halogens is 1. The van der Waals surface area contributed by atoms with Crippen LogP contribution in [0, 0.1) is 11.7 Å². The second kappa shape index (κ2) is 9.85. The first-order chi connectivity index (χ1) is 13.9. The second-order valence-corrected chi connectivity index (χ2v) is 10.2. The lowest BCUT2D eigenvalue weighted by molar-refractivity contribution is 0.173. The molecule has 3 rings (SSSR count). The summed E-state index contributed by atoms with van der Waals surface area (Å²) in [6.45, 7) is 7.18. The average molecular weight is 422 g/mol. The summed E-state index contributed by atoms with van der Waals surface area (Å²) in [5, 5.41) is 0.217. The molecule has 2 aromatic rings. The van der Waals surface area contributed by atoms with Gasteiger partial charge in [0.25, 0.3) is 0 Å². The van der Waals surface area contributed by atoms with E-state index in [9.17, 15) is 12.8 Å². The summed E-state index contributed by atoms with van der Waals surface area (Å²) >= 11 is 0. The highest BCUT2D eigenvalue weighted by molar-refractivity contribution is 7.91. The molecule has 1 saturated heterocycles. The summed E-state index contributed by atoms with van der Waals surface area (Å²) in [5.41, 5.74) is 2.18. The molecule has 1 aliphatic heterocycles. The van der Waals surface area contributed by atoms with E-state index in [0.29, 0.717) is 12.5 Å². The maximum absolute atomic E-state index is 13.1. The van der Waals surface area contributed by atoms with Crippen LogP contribution in [-0.4, -0.2) is 41.7 Å². The summed E-state index contributed by atoms with van der Waals surface area (Å²) in [4.78, 5) is 6.66. The minimum atomic E-state index is -3.32. The van der Waals surface area contributed by atoms with Gasteiger partial charge < -0.3 is 4.57 Å². The van der Waals surface area contributed by atoms with Gasteiger partial charge in [0.15, 0.2) is 0 Å². The molecule has 0 atom stereocenters. The van der Waals surface area contributed by atoms with Gasteiger partial charge in [-0.15, -0.1) is 0 Å². The molecule has 29 heavy (non-hydrogen) atoms. The molecule has 2 heterocycles. The number of unbranched alkanes of at least 4 members (excludes halogenated alkanes) is 1. The minimum absolute atomic E-state index is 0.0738. The number of sulfone groups is 1. The van der Waals surface area contributed by atoms with Crippen LogP contribution in [0.4, 0.5) is 4.39 Å². The number of rotatable bonds is 9. The van der Waals surface area contributed by atoms with Gasteiger partial charge in [0, 0.05) is 13.1 Å². The van der Waals surface area contributed by atoms with Crippen LogP contribution in [0.3, 0.4) is 0 Å². The van der Waals surface area contributed by atoms with Crippen molar-refractivity contribution in [1.82, 2.24) is 14.5 Å². The van der Waals surface area contributed by atoms with E-state index >= 15 is 0 Å². The molecule has 0 amide bonds. The Morgan fingerprint density at radius 2 is 1.83 bits per heavy atom. The fourth-order valence-corrected chi connectivity index (χ4v) is 5.00. The van der Waals surface area contributed by atoms with E-state index in [1.807, 2.05) is 16.7 Å².